The maximum absolute atomic E-state index is 13.1. The molecule has 40 heavy (non-hydrogen) atoms. The van der Waals surface area contributed by atoms with Crippen molar-refractivity contribution in [2.75, 3.05) is 31.3 Å². The summed E-state index contributed by atoms with van der Waals surface area (Å²) in [6.07, 6.45) is 0.284. The van der Waals surface area contributed by atoms with Gasteiger partial charge in [0.15, 0.2) is 28.1 Å². The predicted octanol–water partition coefficient (Wildman–Crippen LogP) is 3.85. The summed E-state index contributed by atoms with van der Waals surface area (Å²) in [6.45, 7) is 4.09. The highest BCUT2D eigenvalue weighted by molar-refractivity contribution is 7.92. The molecule has 1 saturated carbocycles. The Hall–Kier alpha value is -3.68. The van der Waals surface area contributed by atoms with Gasteiger partial charge < -0.3 is 19.3 Å². The SMILES string of the molecule is CCOc1cccc(-c2nc3nc(Cl)c(NS(=O)(=O)CC4(C)CC(O)C4)nc3n2-c2c(OC)cccc2OC)n1. The van der Waals surface area contributed by atoms with Crippen LogP contribution in [0.4, 0.5) is 5.82 Å². The van der Waals surface area contributed by atoms with Crippen molar-refractivity contribution in [1.29, 1.82) is 0 Å². The van der Waals surface area contributed by atoms with Crippen LogP contribution in [0.15, 0.2) is 36.4 Å². The largest absolute Gasteiger partial charge is 0.494 e. The van der Waals surface area contributed by atoms with Crippen molar-refractivity contribution >= 4 is 38.7 Å². The lowest BCUT2D eigenvalue weighted by molar-refractivity contribution is -0.00593. The number of halogens is 1. The average Bonchev–Trinajstić information content (AvgIpc) is 3.24. The van der Waals surface area contributed by atoms with Gasteiger partial charge in [-0.15, -0.1) is 0 Å². The van der Waals surface area contributed by atoms with Crippen molar-refractivity contribution in [3.8, 4) is 34.6 Å². The zero-order chi connectivity index (χ0) is 28.7. The molecule has 0 unspecified atom stereocenters. The third-order valence-electron chi connectivity index (χ3n) is 6.57. The Kier molecular flexibility index (Phi) is 7.46. The van der Waals surface area contributed by atoms with Gasteiger partial charge in [0.1, 0.15) is 22.9 Å². The highest BCUT2D eigenvalue weighted by Crippen LogP contribution is 2.42. The summed E-state index contributed by atoms with van der Waals surface area (Å²) < 4.78 is 47.2. The number of aliphatic hydroxyl groups excluding tert-OH is 1. The number of sulfonamides is 1. The highest BCUT2D eigenvalue weighted by Gasteiger charge is 2.43. The zero-order valence-electron chi connectivity index (χ0n) is 22.4. The lowest BCUT2D eigenvalue weighted by Gasteiger charge is -2.42. The minimum absolute atomic E-state index is 0.147. The van der Waals surface area contributed by atoms with Gasteiger partial charge in [0.05, 0.1) is 32.7 Å². The molecule has 1 aromatic carbocycles. The molecule has 0 aliphatic heterocycles. The number of hydrogen-bond acceptors (Lipinski definition) is 10. The maximum atomic E-state index is 13.1. The van der Waals surface area contributed by atoms with E-state index < -0.39 is 21.5 Å². The molecular formula is C26H29ClN6O6S. The molecule has 0 bridgehead atoms. The van der Waals surface area contributed by atoms with E-state index in [0.717, 1.165) is 0 Å². The van der Waals surface area contributed by atoms with E-state index in [1.165, 1.54) is 14.2 Å². The number of anilines is 1. The van der Waals surface area contributed by atoms with E-state index in [0.29, 0.717) is 54.0 Å². The monoisotopic (exact) mass is 588 g/mol. The molecule has 0 saturated heterocycles. The van der Waals surface area contributed by atoms with Gasteiger partial charge in [-0.2, -0.15) is 0 Å². The Morgan fingerprint density at radius 3 is 2.38 bits per heavy atom. The number of pyridine rings is 1. The number of methoxy groups -OCH3 is 2. The molecule has 212 valence electrons. The third kappa shape index (κ3) is 5.36. The van der Waals surface area contributed by atoms with E-state index in [4.69, 9.17) is 25.8 Å². The molecule has 1 aliphatic carbocycles. The van der Waals surface area contributed by atoms with E-state index in [1.807, 2.05) is 13.8 Å². The second-order valence-electron chi connectivity index (χ2n) is 9.82. The molecule has 0 atom stereocenters. The molecule has 2 N–H and O–H groups in total. The first-order chi connectivity index (χ1) is 19.1. The van der Waals surface area contributed by atoms with Crippen molar-refractivity contribution in [2.45, 2.75) is 32.8 Å². The van der Waals surface area contributed by atoms with Crippen LogP contribution in [0.1, 0.15) is 26.7 Å². The van der Waals surface area contributed by atoms with Crippen LogP contribution in [0, 0.1) is 5.41 Å². The Bertz CT molecular complexity index is 1650. The molecule has 3 aromatic heterocycles. The minimum Gasteiger partial charge on any atom is -0.494 e. The van der Waals surface area contributed by atoms with Crippen LogP contribution in [-0.2, 0) is 10.0 Å². The summed E-state index contributed by atoms with van der Waals surface area (Å²) in [6, 6.07) is 10.5. The smallest absolute Gasteiger partial charge is 0.234 e. The van der Waals surface area contributed by atoms with Crippen molar-refractivity contribution in [3.05, 3.63) is 41.6 Å². The Labute approximate surface area is 236 Å². The number of ether oxygens (including phenoxy) is 3. The quantitative estimate of drug-likeness (QED) is 0.279. The third-order valence-corrected chi connectivity index (χ3v) is 8.42. The number of aromatic nitrogens is 5. The number of aliphatic hydroxyl groups is 1. The number of imidazole rings is 1. The molecule has 1 aliphatic rings. The summed E-state index contributed by atoms with van der Waals surface area (Å²) in [4.78, 5) is 18.2. The predicted molar refractivity (Wildman–Crippen MR) is 150 cm³/mol. The number of para-hydroxylation sites is 1. The molecule has 0 radical (unpaired) electrons. The fraction of sp³-hybridized carbons (Fsp3) is 0.385. The standard InChI is InChI=1S/C26H29ClN6O6S/c1-5-39-19-11-6-8-16(28-19)24-31-23-25(33(24)20-17(37-3)9-7-10-18(20)38-4)30-22(21(27)29-23)32-40(35,36)14-26(2)12-15(34)13-26/h6-11,15,34H,5,12-14H2,1-4H3,(H,30,32). The van der Waals surface area contributed by atoms with Gasteiger partial charge in [-0.3, -0.25) is 9.29 Å². The van der Waals surface area contributed by atoms with E-state index in [9.17, 15) is 13.5 Å². The molecule has 12 nitrogen and oxygen atoms in total. The number of benzene rings is 1. The number of rotatable bonds is 10. The van der Waals surface area contributed by atoms with E-state index in [2.05, 4.69) is 24.7 Å². The average molecular weight is 589 g/mol. The van der Waals surface area contributed by atoms with Crippen molar-refractivity contribution in [1.82, 2.24) is 24.5 Å². The van der Waals surface area contributed by atoms with Crippen molar-refractivity contribution in [3.63, 3.8) is 0 Å². The topological polar surface area (TPSA) is 151 Å². The fourth-order valence-corrected chi connectivity index (χ4v) is 6.87. The number of fused-ring (bicyclic) bond motifs is 1. The number of hydrogen-bond donors (Lipinski definition) is 2. The molecular weight excluding hydrogens is 560 g/mol. The van der Waals surface area contributed by atoms with Crippen molar-refractivity contribution in [2.24, 2.45) is 5.41 Å². The van der Waals surface area contributed by atoms with Crippen LogP contribution < -0.4 is 18.9 Å². The summed E-state index contributed by atoms with van der Waals surface area (Å²) in [7, 11) is -0.846. The number of nitrogens with zero attached hydrogens (tertiary/aromatic N) is 5. The summed E-state index contributed by atoms with van der Waals surface area (Å²) in [5.41, 5.74) is 0.678. The van der Waals surface area contributed by atoms with E-state index >= 15 is 0 Å². The van der Waals surface area contributed by atoms with E-state index in [1.54, 1.807) is 41.0 Å². The van der Waals surface area contributed by atoms with Crippen LogP contribution in [0.25, 0.3) is 28.5 Å². The van der Waals surface area contributed by atoms with Crippen LogP contribution in [0.3, 0.4) is 0 Å². The van der Waals surface area contributed by atoms with Gasteiger partial charge >= 0.3 is 0 Å². The van der Waals surface area contributed by atoms with Crippen molar-refractivity contribution < 1.29 is 27.7 Å². The van der Waals surface area contributed by atoms with Gasteiger partial charge in [-0.25, -0.2) is 28.4 Å². The highest BCUT2D eigenvalue weighted by atomic mass is 35.5. The second-order valence-corrected chi connectivity index (χ2v) is 11.9. The maximum Gasteiger partial charge on any atom is 0.234 e. The molecule has 14 heteroatoms. The second kappa shape index (κ2) is 10.7. The molecule has 4 aromatic rings. The normalized spacial score (nSPS) is 18.8. The minimum atomic E-state index is -3.88. The first kappa shape index (κ1) is 27.9. The fourth-order valence-electron chi connectivity index (χ4n) is 4.98. The molecule has 5 rings (SSSR count). The summed E-state index contributed by atoms with van der Waals surface area (Å²) in [5, 5.41) is 9.53. The Morgan fingerprint density at radius 2 is 1.75 bits per heavy atom. The molecule has 0 amide bonds. The molecule has 1 fully saturated rings. The van der Waals surface area contributed by atoms with Crippen LogP contribution in [-0.4, -0.2) is 70.7 Å². The lowest BCUT2D eigenvalue weighted by Crippen LogP contribution is -2.44. The van der Waals surface area contributed by atoms with Crippen LogP contribution >= 0.6 is 11.6 Å². The Morgan fingerprint density at radius 1 is 1.07 bits per heavy atom. The summed E-state index contributed by atoms with van der Waals surface area (Å²) in [5.74, 6) is 1.24. The van der Waals surface area contributed by atoms with Gasteiger partial charge in [0.2, 0.25) is 15.9 Å². The Balaban J connectivity index is 1.70. The van der Waals surface area contributed by atoms with Gasteiger partial charge in [0, 0.05) is 6.07 Å². The number of nitrogens with one attached hydrogen (secondary N) is 1. The first-order valence-corrected chi connectivity index (χ1v) is 14.6. The van der Waals surface area contributed by atoms with Gasteiger partial charge in [-0.1, -0.05) is 30.7 Å². The lowest BCUT2D eigenvalue weighted by atomic mass is 9.70. The van der Waals surface area contributed by atoms with Crippen LogP contribution in [0.2, 0.25) is 5.15 Å². The first-order valence-electron chi connectivity index (χ1n) is 12.5. The van der Waals surface area contributed by atoms with Crippen LogP contribution in [0.5, 0.6) is 17.4 Å². The van der Waals surface area contributed by atoms with Gasteiger partial charge in [-0.05, 0) is 43.4 Å². The molecule has 3 heterocycles. The zero-order valence-corrected chi connectivity index (χ0v) is 24.0. The van der Waals surface area contributed by atoms with Gasteiger partial charge in [0.25, 0.3) is 0 Å². The summed E-state index contributed by atoms with van der Waals surface area (Å²) >= 11 is 6.41. The molecule has 0 spiro atoms. The van der Waals surface area contributed by atoms with E-state index in [-0.39, 0.29) is 28.0 Å².